The van der Waals surface area contributed by atoms with E-state index in [9.17, 15) is 4.79 Å². The third-order valence-electron chi connectivity index (χ3n) is 2.84. The Bertz CT molecular complexity index is 391. The van der Waals surface area contributed by atoms with Crippen molar-refractivity contribution >= 4 is 11.7 Å². The van der Waals surface area contributed by atoms with Gasteiger partial charge in [0, 0.05) is 12.6 Å². The van der Waals surface area contributed by atoms with E-state index >= 15 is 0 Å². The van der Waals surface area contributed by atoms with Crippen LogP contribution in [-0.4, -0.2) is 34.8 Å². The number of hydrogen-bond acceptors (Lipinski definition) is 4. The molecule has 1 saturated heterocycles. The number of rotatable bonds is 3. The van der Waals surface area contributed by atoms with Crippen molar-refractivity contribution in [3.63, 3.8) is 0 Å². The van der Waals surface area contributed by atoms with Gasteiger partial charge in [-0.1, -0.05) is 0 Å². The van der Waals surface area contributed by atoms with Gasteiger partial charge in [-0.05, 0) is 31.9 Å². The Labute approximate surface area is 99.8 Å². The zero-order chi connectivity index (χ0) is 12.3. The average molecular weight is 236 g/mol. The first-order valence-corrected chi connectivity index (χ1v) is 5.72. The Morgan fingerprint density at radius 1 is 1.59 bits per heavy atom. The maximum absolute atomic E-state index is 10.6. The molecule has 2 unspecified atom stereocenters. The highest BCUT2D eigenvalue weighted by molar-refractivity contribution is 5.85. The van der Waals surface area contributed by atoms with E-state index in [4.69, 9.17) is 9.84 Å². The summed E-state index contributed by atoms with van der Waals surface area (Å²) in [6.45, 7) is 2.82. The number of anilines is 1. The monoisotopic (exact) mass is 236 g/mol. The van der Waals surface area contributed by atoms with E-state index in [0.717, 1.165) is 25.1 Å². The van der Waals surface area contributed by atoms with Crippen molar-refractivity contribution in [3.05, 3.63) is 24.0 Å². The number of pyridine rings is 1. The van der Waals surface area contributed by atoms with Gasteiger partial charge in [-0.15, -0.1) is 0 Å². The summed E-state index contributed by atoms with van der Waals surface area (Å²) in [5.41, 5.74) is 0.921. The van der Waals surface area contributed by atoms with Gasteiger partial charge in [0.1, 0.15) is 5.69 Å². The van der Waals surface area contributed by atoms with Crippen molar-refractivity contribution in [2.24, 2.45) is 0 Å². The molecule has 2 N–H and O–H groups in total. The highest BCUT2D eigenvalue weighted by atomic mass is 16.5. The number of carboxylic acid groups (broad SMARTS) is 1. The van der Waals surface area contributed by atoms with Gasteiger partial charge < -0.3 is 15.2 Å². The van der Waals surface area contributed by atoms with Gasteiger partial charge in [-0.2, -0.15) is 0 Å². The van der Waals surface area contributed by atoms with Crippen LogP contribution in [-0.2, 0) is 4.74 Å². The molecule has 2 atom stereocenters. The fourth-order valence-electron chi connectivity index (χ4n) is 1.97. The molecule has 0 aromatic carbocycles. The van der Waals surface area contributed by atoms with Crippen LogP contribution in [0.15, 0.2) is 18.3 Å². The number of ether oxygens (including phenoxy) is 1. The van der Waals surface area contributed by atoms with E-state index in [2.05, 4.69) is 17.2 Å². The van der Waals surface area contributed by atoms with Crippen LogP contribution in [0, 0.1) is 0 Å². The Kier molecular flexibility index (Phi) is 3.58. The van der Waals surface area contributed by atoms with E-state index in [0.29, 0.717) is 6.04 Å². The number of aromatic nitrogens is 1. The number of nitrogens with one attached hydrogen (secondary N) is 1. The summed E-state index contributed by atoms with van der Waals surface area (Å²) in [4.78, 5) is 14.5. The van der Waals surface area contributed by atoms with E-state index in [1.807, 2.05) is 0 Å². The standard InChI is InChI=1S/C12H16N2O3/c1-8-6-9(4-5-17-8)14-10-2-3-11(12(15)16)13-7-10/h2-3,7-9,14H,4-6H2,1H3,(H,15,16). The van der Waals surface area contributed by atoms with Crippen LogP contribution in [0.4, 0.5) is 5.69 Å². The van der Waals surface area contributed by atoms with Gasteiger partial charge in [-0.3, -0.25) is 0 Å². The van der Waals surface area contributed by atoms with E-state index in [1.54, 1.807) is 12.3 Å². The van der Waals surface area contributed by atoms with Crippen molar-refractivity contribution in [1.29, 1.82) is 0 Å². The van der Waals surface area contributed by atoms with E-state index < -0.39 is 5.97 Å². The largest absolute Gasteiger partial charge is 0.477 e. The number of carboxylic acids is 1. The summed E-state index contributed by atoms with van der Waals surface area (Å²) in [5.74, 6) is -1.00. The van der Waals surface area contributed by atoms with E-state index in [-0.39, 0.29) is 11.8 Å². The first kappa shape index (κ1) is 11.9. The lowest BCUT2D eigenvalue weighted by Gasteiger charge is -2.28. The Balaban J connectivity index is 1.96. The van der Waals surface area contributed by atoms with Gasteiger partial charge in [0.25, 0.3) is 0 Å². The molecule has 1 aromatic rings. The van der Waals surface area contributed by atoms with Gasteiger partial charge >= 0.3 is 5.97 Å². The van der Waals surface area contributed by atoms with Crippen LogP contribution in [0.2, 0.25) is 0 Å². The predicted molar refractivity (Wildman–Crippen MR) is 63.3 cm³/mol. The van der Waals surface area contributed by atoms with Crippen LogP contribution in [0.25, 0.3) is 0 Å². The number of nitrogens with zero attached hydrogens (tertiary/aromatic N) is 1. The van der Waals surface area contributed by atoms with Crippen LogP contribution in [0.5, 0.6) is 0 Å². The molecule has 5 heteroatoms. The van der Waals surface area contributed by atoms with Crippen LogP contribution >= 0.6 is 0 Å². The zero-order valence-corrected chi connectivity index (χ0v) is 9.72. The molecule has 1 aliphatic heterocycles. The SMILES string of the molecule is CC1CC(Nc2ccc(C(=O)O)nc2)CCO1. The molecule has 5 nitrogen and oxygen atoms in total. The molecule has 1 aliphatic rings. The molecule has 0 radical (unpaired) electrons. The first-order valence-electron chi connectivity index (χ1n) is 5.72. The quantitative estimate of drug-likeness (QED) is 0.836. The minimum absolute atomic E-state index is 0.0656. The summed E-state index contributed by atoms with van der Waals surface area (Å²) >= 11 is 0. The third kappa shape index (κ3) is 3.17. The lowest BCUT2D eigenvalue weighted by molar-refractivity contribution is 0.0232. The van der Waals surface area contributed by atoms with Crippen molar-refractivity contribution < 1.29 is 14.6 Å². The molecule has 1 fully saturated rings. The second-order valence-electron chi connectivity index (χ2n) is 4.28. The number of carbonyl (C=O) groups is 1. The van der Waals surface area contributed by atoms with Crippen molar-refractivity contribution in [1.82, 2.24) is 4.98 Å². The zero-order valence-electron chi connectivity index (χ0n) is 9.72. The summed E-state index contributed by atoms with van der Waals surface area (Å²) in [5, 5.41) is 12.1. The lowest BCUT2D eigenvalue weighted by atomic mass is 10.0. The highest BCUT2D eigenvalue weighted by Gasteiger charge is 2.19. The maximum Gasteiger partial charge on any atom is 0.354 e. The molecule has 2 heterocycles. The minimum atomic E-state index is -1.00. The molecule has 17 heavy (non-hydrogen) atoms. The van der Waals surface area contributed by atoms with Gasteiger partial charge in [0.2, 0.25) is 0 Å². The summed E-state index contributed by atoms with van der Waals surface area (Å²) in [6.07, 6.45) is 3.75. The molecular formula is C12H16N2O3. The second-order valence-corrected chi connectivity index (χ2v) is 4.28. The Morgan fingerprint density at radius 3 is 3.00 bits per heavy atom. The van der Waals surface area contributed by atoms with Crippen molar-refractivity contribution in [2.75, 3.05) is 11.9 Å². The van der Waals surface area contributed by atoms with E-state index in [1.165, 1.54) is 6.07 Å². The molecule has 0 spiro atoms. The fourth-order valence-corrected chi connectivity index (χ4v) is 1.97. The predicted octanol–water partition coefficient (Wildman–Crippen LogP) is 1.76. The van der Waals surface area contributed by atoms with Gasteiger partial charge in [-0.25, -0.2) is 9.78 Å². The molecule has 0 saturated carbocycles. The molecule has 2 rings (SSSR count). The minimum Gasteiger partial charge on any atom is -0.477 e. The van der Waals surface area contributed by atoms with Crippen molar-refractivity contribution in [3.8, 4) is 0 Å². The van der Waals surface area contributed by atoms with Crippen LogP contribution in [0.3, 0.4) is 0 Å². The maximum atomic E-state index is 10.6. The Hall–Kier alpha value is -1.62. The smallest absolute Gasteiger partial charge is 0.354 e. The van der Waals surface area contributed by atoms with Crippen LogP contribution < -0.4 is 5.32 Å². The molecule has 1 aromatic heterocycles. The first-order chi connectivity index (χ1) is 8.15. The molecule has 0 aliphatic carbocycles. The number of hydrogen-bond donors (Lipinski definition) is 2. The molecule has 92 valence electrons. The average Bonchev–Trinajstić information content (AvgIpc) is 2.29. The van der Waals surface area contributed by atoms with Gasteiger partial charge in [0.15, 0.2) is 0 Å². The number of aromatic carboxylic acids is 1. The second kappa shape index (κ2) is 5.14. The highest BCUT2D eigenvalue weighted by Crippen LogP contribution is 2.18. The summed E-state index contributed by atoms with van der Waals surface area (Å²) < 4.78 is 5.46. The molecule has 0 amide bonds. The molecule has 0 bridgehead atoms. The third-order valence-corrected chi connectivity index (χ3v) is 2.84. The fraction of sp³-hybridized carbons (Fsp3) is 0.500. The normalized spacial score (nSPS) is 24.3. The van der Waals surface area contributed by atoms with Crippen molar-refractivity contribution in [2.45, 2.75) is 31.9 Å². The summed E-state index contributed by atoms with van der Waals surface area (Å²) in [6, 6.07) is 3.63. The lowest BCUT2D eigenvalue weighted by Crippen LogP contribution is -2.32. The van der Waals surface area contributed by atoms with Gasteiger partial charge in [0.05, 0.1) is 18.0 Å². The van der Waals surface area contributed by atoms with Crippen LogP contribution in [0.1, 0.15) is 30.3 Å². The Morgan fingerprint density at radius 2 is 2.41 bits per heavy atom. The summed E-state index contributed by atoms with van der Waals surface area (Å²) in [7, 11) is 0. The molecular weight excluding hydrogens is 220 g/mol. The topological polar surface area (TPSA) is 71.5 Å².